The van der Waals surface area contributed by atoms with Crippen LogP contribution in [0, 0.1) is 0 Å². The lowest BCUT2D eigenvalue weighted by Gasteiger charge is -2.46. The van der Waals surface area contributed by atoms with Crippen molar-refractivity contribution < 1.29 is 14.0 Å². The minimum atomic E-state index is -2.92. The molecule has 0 spiro atoms. The Bertz CT molecular complexity index is 896. The lowest BCUT2D eigenvalue weighted by Crippen LogP contribution is -2.70. The van der Waals surface area contributed by atoms with Crippen molar-refractivity contribution in [3.63, 3.8) is 0 Å². The second kappa shape index (κ2) is 10.3. The van der Waals surface area contributed by atoms with Gasteiger partial charge in [0.05, 0.1) is 0 Å². The van der Waals surface area contributed by atoms with Crippen LogP contribution in [0.15, 0.2) is 60.7 Å². The maximum absolute atomic E-state index is 13.7. The summed E-state index contributed by atoms with van der Waals surface area (Å²) in [5.74, 6) is -0.306. The third-order valence-electron chi connectivity index (χ3n) is 6.57. The van der Waals surface area contributed by atoms with Crippen molar-refractivity contribution in [2.24, 2.45) is 0 Å². The molecule has 1 heterocycles. The van der Waals surface area contributed by atoms with E-state index in [9.17, 15) is 4.79 Å². The van der Waals surface area contributed by atoms with E-state index in [2.05, 4.69) is 93.2 Å². The molecule has 5 nitrogen and oxygen atoms in total. The van der Waals surface area contributed by atoms with Crippen molar-refractivity contribution >= 4 is 24.7 Å². The van der Waals surface area contributed by atoms with E-state index in [4.69, 9.17) is 9.16 Å². The maximum atomic E-state index is 13.7. The summed E-state index contributed by atoms with van der Waals surface area (Å²) in [7, 11) is 1.27. The average molecular weight is 483 g/mol. The Balaban J connectivity index is 2.15. The third kappa shape index (κ3) is 5.79. The first-order chi connectivity index (χ1) is 15.8. The number of likely N-dealkylation sites (N-methyl/N-ethyl adjacent to an activating group) is 1. The number of esters is 1. The molecule has 3 rings (SSSR count). The van der Waals surface area contributed by atoms with Crippen LogP contribution in [0.2, 0.25) is 5.04 Å². The first kappa shape index (κ1) is 26.6. The molecular formula is C28H42N2O3Si. The molecule has 2 atom stereocenters. The van der Waals surface area contributed by atoms with Gasteiger partial charge in [0, 0.05) is 19.1 Å². The van der Waals surface area contributed by atoms with E-state index in [-0.39, 0.29) is 11.0 Å². The van der Waals surface area contributed by atoms with Gasteiger partial charge in [0.15, 0.2) is 0 Å². The van der Waals surface area contributed by atoms with Gasteiger partial charge < -0.3 is 14.1 Å². The van der Waals surface area contributed by atoms with Crippen molar-refractivity contribution in [2.45, 2.75) is 70.9 Å². The van der Waals surface area contributed by atoms with E-state index in [0.717, 1.165) is 29.9 Å². The summed E-state index contributed by atoms with van der Waals surface area (Å²) in [5, 5.41) is 2.09. The lowest BCUT2D eigenvalue weighted by atomic mass is 10.2. The molecule has 0 saturated carbocycles. The molecule has 0 radical (unpaired) electrons. The number of hydrogen-bond donors (Lipinski definition) is 0. The summed E-state index contributed by atoms with van der Waals surface area (Å²) < 4.78 is 13.2. The van der Waals surface area contributed by atoms with Gasteiger partial charge >= 0.3 is 5.97 Å². The van der Waals surface area contributed by atoms with Crippen LogP contribution < -0.4 is 10.4 Å². The smallest absolute Gasteiger partial charge is 0.350 e. The molecular weight excluding hydrogens is 440 g/mol. The van der Waals surface area contributed by atoms with Crippen LogP contribution in [0.4, 0.5) is 0 Å². The van der Waals surface area contributed by atoms with Crippen LogP contribution in [0.3, 0.4) is 0 Å². The zero-order valence-corrected chi connectivity index (χ0v) is 23.2. The molecule has 1 aliphatic rings. The van der Waals surface area contributed by atoms with Crippen LogP contribution in [-0.4, -0.2) is 69.1 Å². The second-order valence-electron chi connectivity index (χ2n) is 11.6. The lowest BCUT2D eigenvalue weighted by molar-refractivity contribution is -0.173. The van der Waals surface area contributed by atoms with Crippen molar-refractivity contribution in [3.05, 3.63) is 60.7 Å². The Labute approximate surface area is 207 Å². The van der Waals surface area contributed by atoms with Gasteiger partial charge in [0.2, 0.25) is 6.23 Å². The average Bonchev–Trinajstić information content (AvgIpc) is 3.24. The van der Waals surface area contributed by atoms with Gasteiger partial charge in [-0.2, -0.15) is 0 Å². The Morgan fingerprint density at radius 3 is 1.82 bits per heavy atom. The topological polar surface area (TPSA) is 42.0 Å². The summed E-state index contributed by atoms with van der Waals surface area (Å²) in [6.07, 6.45) is 0.228. The highest BCUT2D eigenvalue weighted by atomic mass is 28.4. The summed E-state index contributed by atoms with van der Waals surface area (Å²) in [5.41, 5.74) is -0.592. The predicted molar refractivity (Wildman–Crippen MR) is 142 cm³/mol. The molecule has 1 fully saturated rings. The van der Waals surface area contributed by atoms with Crippen molar-refractivity contribution in [1.82, 2.24) is 9.80 Å². The highest BCUT2D eigenvalue weighted by Gasteiger charge is 2.54. The monoisotopic (exact) mass is 482 g/mol. The summed E-state index contributed by atoms with van der Waals surface area (Å²) in [6.45, 7) is 14.0. The number of benzene rings is 2. The zero-order valence-electron chi connectivity index (χ0n) is 22.2. The van der Waals surface area contributed by atoms with Gasteiger partial charge in [0.25, 0.3) is 8.32 Å². The fourth-order valence-corrected chi connectivity index (χ4v) is 9.48. The van der Waals surface area contributed by atoms with Gasteiger partial charge in [-0.25, -0.2) is 4.79 Å². The number of likely N-dealkylation sites (tertiary alicyclic amines) is 1. The van der Waals surface area contributed by atoms with Gasteiger partial charge in [-0.15, -0.1) is 0 Å². The van der Waals surface area contributed by atoms with Gasteiger partial charge in [-0.05, 0) is 56.7 Å². The number of rotatable bonds is 7. The molecule has 1 saturated heterocycles. The minimum Gasteiger partial charge on any atom is -0.457 e. The van der Waals surface area contributed by atoms with Crippen LogP contribution in [0.1, 0.15) is 48.0 Å². The molecule has 186 valence electrons. The standard InChI is InChI=1S/C28H42N2O3Si/c1-27(2,3)32-26(31)25(30-20-19-22(21-30)29(7)8)33-34(28(4,5)6,23-15-11-9-12-16-23)24-17-13-10-14-18-24/h9-18,22,25H,19-21H2,1-8H3. The number of carbonyl (C=O) groups excluding carboxylic acids is 1. The van der Waals surface area contributed by atoms with E-state index < -0.39 is 20.1 Å². The van der Waals surface area contributed by atoms with E-state index in [1.54, 1.807) is 0 Å². The molecule has 0 N–H and O–H groups in total. The number of ether oxygens (including phenoxy) is 1. The molecule has 0 amide bonds. The summed E-state index contributed by atoms with van der Waals surface area (Å²) in [6, 6.07) is 21.3. The largest absolute Gasteiger partial charge is 0.457 e. The molecule has 0 aliphatic carbocycles. The van der Waals surface area contributed by atoms with E-state index in [1.165, 1.54) is 0 Å². The SMILES string of the molecule is CN(C)C1CCN(C(O[Si](c2ccccc2)(c2ccccc2)C(C)(C)C)C(=O)OC(C)(C)C)C1. The van der Waals surface area contributed by atoms with Crippen molar-refractivity contribution in [2.75, 3.05) is 27.2 Å². The molecule has 2 aromatic rings. The molecule has 6 heteroatoms. The van der Waals surface area contributed by atoms with Crippen molar-refractivity contribution in [3.8, 4) is 0 Å². The fourth-order valence-electron chi connectivity index (χ4n) is 4.89. The van der Waals surface area contributed by atoms with Crippen LogP contribution in [0.5, 0.6) is 0 Å². The molecule has 0 aromatic heterocycles. The Morgan fingerprint density at radius 1 is 0.941 bits per heavy atom. The predicted octanol–water partition coefficient (Wildman–Crippen LogP) is 3.87. The highest BCUT2D eigenvalue weighted by Crippen LogP contribution is 2.38. The quantitative estimate of drug-likeness (QED) is 0.443. The van der Waals surface area contributed by atoms with Gasteiger partial charge in [0.1, 0.15) is 5.60 Å². The number of carbonyl (C=O) groups is 1. The van der Waals surface area contributed by atoms with Gasteiger partial charge in [-0.3, -0.25) is 4.90 Å². The number of nitrogens with zero attached hydrogens (tertiary/aromatic N) is 2. The first-order valence-corrected chi connectivity index (χ1v) is 14.2. The fraction of sp³-hybridized carbons (Fsp3) is 0.536. The Kier molecular flexibility index (Phi) is 8.08. The molecule has 2 unspecified atom stereocenters. The van der Waals surface area contributed by atoms with E-state index in [0.29, 0.717) is 6.04 Å². The molecule has 2 aromatic carbocycles. The van der Waals surface area contributed by atoms with E-state index in [1.807, 2.05) is 32.9 Å². The summed E-state index contributed by atoms with van der Waals surface area (Å²) >= 11 is 0. The number of hydrogen-bond acceptors (Lipinski definition) is 5. The zero-order chi connectivity index (χ0) is 25.1. The molecule has 34 heavy (non-hydrogen) atoms. The second-order valence-corrected chi connectivity index (χ2v) is 15.8. The highest BCUT2D eigenvalue weighted by molar-refractivity contribution is 6.99. The summed E-state index contributed by atoms with van der Waals surface area (Å²) in [4.78, 5) is 18.1. The van der Waals surface area contributed by atoms with Crippen LogP contribution >= 0.6 is 0 Å². The third-order valence-corrected chi connectivity index (χ3v) is 11.6. The Morgan fingerprint density at radius 2 is 1.44 bits per heavy atom. The maximum Gasteiger partial charge on any atom is 0.350 e. The molecule has 0 bridgehead atoms. The normalized spacial score (nSPS) is 18.8. The minimum absolute atomic E-state index is 0.226. The van der Waals surface area contributed by atoms with Gasteiger partial charge in [-0.1, -0.05) is 81.4 Å². The van der Waals surface area contributed by atoms with Crippen molar-refractivity contribution in [1.29, 1.82) is 0 Å². The Hall–Kier alpha value is -1.99. The van der Waals surface area contributed by atoms with Crippen LogP contribution in [-0.2, 0) is 14.0 Å². The first-order valence-electron chi connectivity index (χ1n) is 12.3. The molecule has 1 aliphatic heterocycles. The van der Waals surface area contributed by atoms with Crippen LogP contribution in [0.25, 0.3) is 0 Å². The van der Waals surface area contributed by atoms with E-state index >= 15 is 0 Å².